The van der Waals surface area contributed by atoms with Crippen molar-refractivity contribution < 1.29 is 19.1 Å². The van der Waals surface area contributed by atoms with Crippen molar-refractivity contribution in [2.75, 3.05) is 26.3 Å². The fourth-order valence-electron chi connectivity index (χ4n) is 5.42. The minimum Gasteiger partial charge on any atom is -0.489 e. The van der Waals surface area contributed by atoms with Gasteiger partial charge in [-0.1, -0.05) is 13.0 Å². The van der Waals surface area contributed by atoms with E-state index in [0.29, 0.717) is 31.0 Å². The average molecular weight is 426 g/mol. The molecule has 0 aromatic heterocycles. The van der Waals surface area contributed by atoms with Gasteiger partial charge in [0, 0.05) is 36.9 Å². The fraction of sp³-hybridized carbons (Fsp3) is 0.583. The number of ether oxygens (including phenoxy) is 2. The van der Waals surface area contributed by atoms with Gasteiger partial charge in [0.15, 0.2) is 0 Å². The lowest BCUT2D eigenvalue weighted by Gasteiger charge is -2.41. The molecule has 3 atom stereocenters. The Morgan fingerprint density at radius 2 is 1.90 bits per heavy atom. The second-order valence-corrected chi connectivity index (χ2v) is 9.06. The number of nitrogens with one attached hydrogen (secondary N) is 1. The topological polar surface area (TPSA) is 71.1 Å². The van der Waals surface area contributed by atoms with Gasteiger partial charge in [-0.25, -0.2) is 0 Å². The van der Waals surface area contributed by atoms with E-state index < -0.39 is 6.04 Å². The molecule has 2 saturated heterocycles. The molecular weight excluding hydrogens is 394 g/mol. The minimum absolute atomic E-state index is 0.0712. The van der Waals surface area contributed by atoms with Gasteiger partial charge in [0.2, 0.25) is 5.91 Å². The summed E-state index contributed by atoms with van der Waals surface area (Å²) in [6.07, 6.45) is 6.12. The number of benzene rings is 1. The monoisotopic (exact) mass is 425 g/mol. The second kappa shape index (κ2) is 8.63. The second-order valence-electron chi connectivity index (χ2n) is 9.06. The summed E-state index contributed by atoms with van der Waals surface area (Å²) in [5, 5.41) is 2.79. The van der Waals surface area contributed by atoms with Crippen LogP contribution in [0.3, 0.4) is 0 Å². The standard InChI is InChI=1S/C24H31N3O4/c1-16-6-9-21(23(28)25-16)27-15-17-14-18(7-8-19(17)24(27)29)31-22-5-3-2-4-20(22)26-10-12-30-13-11-26/h7-8,14,20-22H,1-6,9-13,15H2,(H,25,28)/t20-,21?,22-/m1/s1. The van der Waals surface area contributed by atoms with Crippen molar-refractivity contribution in [2.45, 2.75) is 63.3 Å². The zero-order chi connectivity index (χ0) is 21.4. The normalized spacial score (nSPS) is 29.6. The molecule has 166 valence electrons. The molecular formula is C24H31N3O4. The Hall–Kier alpha value is -2.38. The van der Waals surface area contributed by atoms with E-state index >= 15 is 0 Å². The molecule has 7 heteroatoms. The third-order valence-corrected chi connectivity index (χ3v) is 7.08. The first-order valence-corrected chi connectivity index (χ1v) is 11.5. The van der Waals surface area contributed by atoms with Gasteiger partial charge in [-0.15, -0.1) is 0 Å². The molecule has 3 aliphatic heterocycles. The summed E-state index contributed by atoms with van der Waals surface area (Å²) in [4.78, 5) is 29.6. The van der Waals surface area contributed by atoms with Crippen LogP contribution in [0.4, 0.5) is 0 Å². The summed E-state index contributed by atoms with van der Waals surface area (Å²) < 4.78 is 12.0. The van der Waals surface area contributed by atoms with Crippen molar-refractivity contribution in [3.05, 3.63) is 41.6 Å². The Balaban J connectivity index is 1.29. The van der Waals surface area contributed by atoms with E-state index in [4.69, 9.17) is 9.47 Å². The lowest BCUT2D eigenvalue weighted by molar-refractivity contribution is -0.126. The van der Waals surface area contributed by atoms with E-state index in [1.807, 2.05) is 18.2 Å². The maximum absolute atomic E-state index is 12.9. The summed E-state index contributed by atoms with van der Waals surface area (Å²) in [5.41, 5.74) is 2.35. The van der Waals surface area contributed by atoms with Crippen LogP contribution in [0.2, 0.25) is 0 Å². The number of carbonyl (C=O) groups excluding carboxylic acids is 2. The lowest BCUT2D eigenvalue weighted by Crippen LogP contribution is -2.52. The number of nitrogens with zero attached hydrogens (tertiary/aromatic N) is 2. The molecule has 1 aromatic rings. The van der Waals surface area contributed by atoms with Crippen molar-refractivity contribution in [1.82, 2.24) is 15.1 Å². The predicted molar refractivity (Wildman–Crippen MR) is 116 cm³/mol. The maximum Gasteiger partial charge on any atom is 0.255 e. The zero-order valence-corrected chi connectivity index (χ0v) is 18.0. The van der Waals surface area contributed by atoms with Gasteiger partial charge in [0.1, 0.15) is 17.9 Å². The third kappa shape index (κ3) is 4.08. The van der Waals surface area contributed by atoms with Gasteiger partial charge in [-0.2, -0.15) is 0 Å². The van der Waals surface area contributed by atoms with Crippen LogP contribution in [0.15, 0.2) is 30.5 Å². The summed E-state index contributed by atoms with van der Waals surface area (Å²) in [7, 11) is 0. The van der Waals surface area contributed by atoms with Crippen LogP contribution in [0.5, 0.6) is 5.75 Å². The number of morpholine rings is 1. The van der Waals surface area contributed by atoms with Crippen LogP contribution in [0, 0.1) is 0 Å². The van der Waals surface area contributed by atoms with Gasteiger partial charge >= 0.3 is 0 Å². The van der Waals surface area contributed by atoms with E-state index in [-0.39, 0.29) is 17.9 Å². The van der Waals surface area contributed by atoms with Gasteiger partial charge in [-0.3, -0.25) is 14.5 Å². The van der Waals surface area contributed by atoms with Crippen LogP contribution >= 0.6 is 0 Å². The number of rotatable bonds is 4. The average Bonchev–Trinajstić information content (AvgIpc) is 3.10. The first kappa shape index (κ1) is 20.5. The number of carbonyl (C=O) groups is 2. The molecule has 1 aromatic carbocycles. The van der Waals surface area contributed by atoms with Crippen molar-refractivity contribution in [1.29, 1.82) is 0 Å². The highest BCUT2D eigenvalue weighted by molar-refractivity contribution is 6.01. The molecule has 31 heavy (non-hydrogen) atoms. The summed E-state index contributed by atoms with van der Waals surface area (Å²) in [6, 6.07) is 5.76. The number of hydrogen-bond acceptors (Lipinski definition) is 5. The van der Waals surface area contributed by atoms with E-state index in [1.54, 1.807) is 4.90 Å². The fourth-order valence-corrected chi connectivity index (χ4v) is 5.42. The largest absolute Gasteiger partial charge is 0.489 e. The summed E-state index contributed by atoms with van der Waals surface area (Å²) in [5.74, 6) is 0.613. The molecule has 1 unspecified atom stereocenters. The molecule has 5 rings (SSSR count). The van der Waals surface area contributed by atoms with E-state index in [0.717, 1.165) is 56.2 Å². The molecule has 4 aliphatic rings. The van der Waals surface area contributed by atoms with E-state index in [9.17, 15) is 9.59 Å². The highest BCUT2D eigenvalue weighted by Crippen LogP contribution is 2.33. The Morgan fingerprint density at radius 3 is 2.71 bits per heavy atom. The first-order chi connectivity index (χ1) is 15.1. The quantitative estimate of drug-likeness (QED) is 0.803. The SMILES string of the molecule is C=C1CCC(N2Cc3cc(O[C@@H]4CCCC[C@H]4N4CCOCC4)ccc3C2=O)C(=O)N1. The Labute approximate surface area is 183 Å². The molecule has 1 aliphatic carbocycles. The number of hydrogen-bond donors (Lipinski definition) is 1. The minimum atomic E-state index is -0.432. The molecule has 3 fully saturated rings. The molecule has 2 amide bonds. The Morgan fingerprint density at radius 1 is 1.10 bits per heavy atom. The van der Waals surface area contributed by atoms with Gasteiger partial charge in [0.25, 0.3) is 5.91 Å². The third-order valence-electron chi connectivity index (χ3n) is 7.08. The Kier molecular flexibility index (Phi) is 5.71. The molecule has 0 radical (unpaired) electrons. The number of piperidine rings is 1. The smallest absolute Gasteiger partial charge is 0.255 e. The van der Waals surface area contributed by atoms with Crippen LogP contribution < -0.4 is 10.1 Å². The predicted octanol–water partition coefficient (Wildman–Crippen LogP) is 2.46. The van der Waals surface area contributed by atoms with Crippen LogP contribution in [-0.2, 0) is 16.1 Å². The molecule has 0 spiro atoms. The van der Waals surface area contributed by atoms with Crippen molar-refractivity contribution >= 4 is 11.8 Å². The van der Waals surface area contributed by atoms with Crippen LogP contribution in [0.1, 0.15) is 54.4 Å². The summed E-state index contributed by atoms with van der Waals surface area (Å²) >= 11 is 0. The molecule has 1 N–H and O–H groups in total. The van der Waals surface area contributed by atoms with Crippen molar-refractivity contribution in [3.8, 4) is 5.75 Å². The van der Waals surface area contributed by atoms with Gasteiger partial charge < -0.3 is 19.7 Å². The van der Waals surface area contributed by atoms with Gasteiger partial charge in [0.05, 0.1) is 13.2 Å². The van der Waals surface area contributed by atoms with Crippen molar-refractivity contribution in [2.24, 2.45) is 0 Å². The van der Waals surface area contributed by atoms with Gasteiger partial charge in [-0.05, 0) is 55.9 Å². The molecule has 3 heterocycles. The molecule has 0 bridgehead atoms. The van der Waals surface area contributed by atoms with Crippen LogP contribution in [-0.4, -0.2) is 66.1 Å². The molecule has 7 nitrogen and oxygen atoms in total. The number of fused-ring (bicyclic) bond motifs is 1. The highest BCUT2D eigenvalue weighted by atomic mass is 16.5. The van der Waals surface area contributed by atoms with Crippen molar-refractivity contribution in [3.63, 3.8) is 0 Å². The number of allylic oxidation sites excluding steroid dienone is 1. The lowest BCUT2D eigenvalue weighted by atomic mass is 9.91. The maximum atomic E-state index is 12.9. The number of amides is 2. The summed E-state index contributed by atoms with van der Waals surface area (Å²) in [6.45, 7) is 7.80. The Bertz CT molecular complexity index is 880. The van der Waals surface area contributed by atoms with Crippen LogP contribution in [0.25, 0.3) is 0 Å². The molecule has 1 saturated carbocycles. The zero-order valence-electron chi connectivity index (χ0n) is 18.0. The van der Waals surface area contributed by atoms with E-state index in [1.165, 1.54) is 12.8 Å². The first-order valence-electron chi connectivity index (χ1n) is 11.5. The van der Waals surface area contributed by atoms with E-state index in [2.05, 4.69) is 16.8 Å². The highest BCUT2D eigenvalue weighted by Gasteiger charge is 2.38.